The number of sulfone groups is 1. The maximum Gasteiger partial charge on any atom is 0.511 e. The number of nitrogens with zero attached hydrogens (tertiary/aromatic N) is 1. The second kappa shape index (κ2) is 9.32. The Morgan fingerprint density at radius 1 is 1.11 bits per heavy atom. The molecule has 1 amide bonds. The normalized spacial score (nSPS) is 23.6. The molecule has 0 saturated heterocycles. The van der Waals surface area contributed by atoms with E-state index in [1.807, 2.05) is 0 Å². The predicted octanol–water partition coefficient (Wildman–Crippen LogP) is 4.54. The zero-order chi connectivity index (χ0) is 26.5. The van der Waals surface area contributed by atoms with E-state index < -0.39 is 50.8 Å². The lowest BCUT2D eigenvalue weighted by molar-refractivity contribution is -0.122. The molecular formula is C25H24F2N2O6S2. The number of carbonyl (C=O) groups excluding carboxylic acids is 1. The highest BCUT2D eigenvalue weighted by atomic mass is 32.2. The Bertz CT molecular complexity index is 1460. The van der Waals surface area contributed by atoms with Crippen LogP contribution in [-0.4, -0.2) is 48.2 Å². The molecule has 1 unspecified atom stereocenters. The van der Waals surface area contributed by atoms with Crippen LogP contribution in [0.4, 0.5) is 13.6 Å². The number of halogens is 2. The van der Waals surface area contributed by atoms with Crippen LogP contribution in [0.2, 0.25) is 0 Å². The lowest BCUT2D eigenvalue weighted by atomic mass is 9.73. The minimum atomic E-state index is -3.48. The van der Waals surface area contributed by atoms with Gasteiger partial charge in [-0.15, -0.1) is 11.3 Å². The summed E-state index contributed by atoms with van der Waals surface area (Å²) in [5.74, 6) is -1.24. The van der Waals surface area contributed by atoms with E-state index in [1.54, 1.807) is 0 Å². The molecule has 4 atom stereocenters. The molecule has 2 aromatic carbocycles. The molecule has 0 spiro atoms. The molecule has 1 heterocycles. The fourth-order valence-electron chi connectivity index (χ4n) is 5.06. The standard InChI is InChI=1S/C25H24F2N2O6S2/c26-18-9-13(10-19(18)27)12-25(22(28)30,14-1-4-16(5-2-14)37(33,34)17-6-7-17)23-29-20-8-3-15(35-24(31)32)11-21(20)36-23/h1-5,8,11,13,17-19H,6-7,9-10,12H2,(H2,28,30)(H,31,32)/t13?,18-,19+,25-/m0/s1. The van der Waals surface area contributed by atoms with Gasteiger partial charge < -0.3 is 15.6 Å². The van der Waals surface area contributed by atoms with Gasteiger partial charge in [0, 0.05) is 6.07 Å². The monoisotopic (exact) mass is 550 g/mol. The lowest BCUT2D eigenvalue weighted by Crippen LogP contribution is -2.43. The molecule has 196 valence electrons. The van der Waals surface area contributed by atoms with Gasteiger partial charge in [-0.05, 0) is 67.9 Å². The summed E-state index contributed by atoms with van der Waals surface area (Å²) in [7, 11) is -3.48. The van der Waals surface area contributed by atoms with Crippen LogP contribution < -0.4 is 10.5 Å². The topological polar surface area (TPSA) is 137 Å². The third kappa shape index (κ3) is 4.68. The van der Waals surface area contributed by atoms with Crippen molar-refractivity contribution in [3.8, 4) is 5.75 Å². The highest BCUT2D eigenvalue weighted by Crippen LogP contribution is 2.47. The maximum atomic E-state index is 14.1. The van der Waals surface area contributed by atoms with Gasteiger partial charge in [0.2, 0.25) is 5.91 Å². The summed E-state index contributed by atoms with van der Waals surface area (Å²) in [5.41, 5.74) is 5.24. The third-order valence-corrected chi connectivity index (χ3v) is 10.6. The summed E-state index contributed by atoms with van der Waals surface area (Å²) in [4.78, 5) is 28.9. The molecule has 2 aliphatic carbocycles. The van der Waals surface area contributed by atoms with Crippen LogP contribution in [-0.2, 0) is 20.0 Å². The Labute approximate surface area is 215 Å². The van der Waals surface area contributed by atoms with E-state index in [0.29, 0.717) is 28.6 Å². The number of aromatic nitrogens is 1. The number of hydrogen-bond acceptors (Lipinski definition) is 7. The van der Waals surface area contributed by atoms with Crippen LogP contribution in [0.25, 0.3) is 10.2 Å². The summed E-state index contributed by atoms with van der Waals surface area (Å²) in [5, 5.41) is 8.77. The Morgan fingerprint density at radius 3 is 2.32 bits per heavy atom. The number of rotatable bonds is 8. The fraction of sp³-hybridized carbons (Fsp3) is 0.400. The van der Waals surface area contributed by atoms with Crippen molar-refractivity contribution in [2.75, 3.05) is 0 Å². The molecule has 37 heavy (non-hydrogen) atoms. The molecule has 0 radical (unpaired) electrons. The van der Waals surface area contributed by atoms with Crippen molar-refractivity contribution in [3.05, 3.63) is 53.0 Å². The smallest absolute Gasteiger partial charge is 0.449 e. The molecule has 1 aromatic heterocycles. The van der Waals surface area contributed by atoms with Gasteiger partial charge >= 0.3 is 6.16 Å². The molecule has 5 rings (SSSR count). The van der Waals surface area contributed by atoms with Gasteiger partial charge in [0.15, 0.2) is 9.84 Å². The van der Waals surface area contributed by atoms with Crippen molar-refractivity contribution in [1.29, 1.82) is 0 Å². The summed E-state index contributed by atoms with van der Waals surface area (Å²) in [6.45, 7) is 0. The summed E-state index contributed by atoms with van der Waals surface area (Å²) in [6.07, 6.45) is -3.75. The van der Waals surface area contributed by atoms with Crippen LogP contribution in [0.1, 0.15) is 42.7 Å². The molecule has 0 bridgehead atoms. The Morgan fingerprint density at radius 2 is 1.76 bits per heavy atom. The summed E-state index contributed by atoms with van der Waals surface area (Å²) in [6, 6.07) is 10.3. The Hall–Kier alpha value is -3.12. The minimum Gasteiger partial charge on any atom is -0.449 e. The molecule has 2 aliphatic rings. The number of ether oxygens (including phenoxy) is 1. The number of carbonyl (C=O) groups is 2. The van der Waals surface area contributed by atoms with E-state index in [2.05, 4.69) is 4.98 Å². The average Bonchev–Trinajstić information content (AvgIpc) is 3.55. The van der Waals surface area contributed by atoms with E-state index >= 15 is 0 Å². The number of hydrogen-bond donors (Lipinski definition) is 2. The maximum absolute atomic E-state index is 14.1. The quantitative estimate of drug-likeness (QED) is 0.310. The first kappa shape index (κ1) is 25.5. The predicted molar refractivity (Wildman–Crippen MR) is 132 cm³/mol. The third-order valence-electron chi connectivity index (χ3n) is 7.09. The number of carboxylic acid groups (broad SMARTS) is 1. The highest BCUT2D eigenvalue weighted by molar-refractivity contribution is 7.92. The first-order valence-electron chi connectivity index (χ1n) is 11.7. The van der Waals surface area contributed by atoms with Crippen LogP contribution >= 0.6 is 11.3 Å². The van der Waals surface area contributed by atoms with Crippen molar-refractivity contribution >= 4 is 43.5 Å². The van der Waals surface area contributed by atoms with Crippen molar-refractivity contribution < 1.29 is 36.6 Å². The lowest BCUT2D eigenvalue weighted by Gasteiger charge is -2.32. The number of nitrogens with two attached hydrogens (primary N) is 1. The van der Waals surface area contributed by atoms with Gasteiger partial charge in [-0.25, -0.2) is 27.0 Å². The molecule has 2 fully saturated rings. The second-order valence-corrected chi connectivity index (χ2v) is 12.9. The Kier molecular flexibility index (Phi) is 6.43. The van der Waals surface area contributed by atoms with E-state index in [4.69, 9.17) is 15.6 Å². The van der Waals surface area contributed by atoms with Crippen LogP contribution in [0.15, 0.2) is 47.4 Å². The second-order valence-electron chi connectivity index (χ2n) is 9.63. The number of alkyl halides is 2. The van der Waals surface area contributed by atoms with Gasteiger partial charge in [0.05, 0.1) is 20.4 Å². The first-order valence-corrected chi connectivity index (χ1v) is 14.1. The zero-order valence-electron chi connectivity index (χ0n) is 19.5. The highest BCUT2D eigenvalue weighted by Gasteiger charge is 2.48. The van der Waals surface area contributed by atoms with Gasteiger partial charge in [-0.3, -0.25) is 4.79 Å². The van der Waals surface area contributed by atoms with Gasteiger partial charge in [-0.2, -0.15) is 0 Å². The average molecular weight is 551 g/mol. The van der Waals surface area contributed by atoms with E-state index in [0.717, 1.165) is 11.3 Å². The molecule has 2 saturated carbocycles. The van der Waals surface area contributed by atoms with Gasteiger partial charge in [0.1, 0.15) is 28.5 Å². The van der Waals surface area contributed by atoms with Gasteiger partial charge in [0.25, 0.3) is 0 Å². The van der Waals surface area contributed by atoms with Crippen molar-refractivity contribution in [1.82, 2.24) is 4.98 Å². The molecule has 8 nitrogen and oxygen atoms in total. The number of benzene rings is 2. The van der Waals surface area contributed by atoms with Crippen molar-refractivity contribution in [3.63, 3.8) is 0 Å². The van der Waals surface area contributed by atoms with E-state index in [9.17, 15) is 26.8 Å². The van der Waals surface area contributed by atoms with E-state index in [-0.39, 0.29) is 34.9 Å². The molecule has 0 aliphatic heterocycles. The molecule has 3 aromatic rings. The Balaban J connectivity index is 1.62. The fourth-order valence-corrected chi connectivity index (χ4v) is 7.94. The van der Waals surface area contributed by atoms with Gasteiger partial charge in [-0.1, -0.05) is 12.1 Å². The van der Waals surface area contributed by atoms with Crippen LogP contribution in [0, 0.1) is 5.92 Å². The molecular weight excluding hydrogens is 526 g/mol. The summed E-state index contributed by atoms with van der Waals surface area (Å²) >= 11 is 1.09. The zero-order valence-corrected chi connectivity index (χ0v) is 21.1. The van der Waals surface area contributed by atoms with Crippen LogP contribution in [0.3, 0.4) is 0 Å². The SMILES string of the molecule is NC(=O)[C@](CC1C[C@@H](F)[C@@H](F)C1)(c1ccc(S(=O)(=O)C2CC2)cc1)c1nc2ccc(OC(=O)O)cc2s1. The molecule has 12 heteroatoms. The number of fused-ring (bicyclic) bond motifs is 1. The van der Waals surface area contributed by atoms with E-state index in [1.165, 1.54) is 42.5 Å². The largest absolute Gasteiger partial charge is 0.511 e. The number of amides is 1. The summed E-state index contributed by atoms with van der Waals surface area (Å²) < 4.78 is 58.8. The first-order chi connectivity index (χ1) is 17.5. The molecule has 3 N–H and O–H groups in total. The van der Waals surface area contributed by atoms with Crippen molar-refractivity contribution in [2.24, 2.45) is 11.7 Å². The minimum absolute atomic E-state index is 0.0177. The number of primary amides is 1. The van der Waals surface area contributed by atoms with Crippen LogP contribution in [0.5, 0.6) is 5.75 Å². The number of thiazole rings is 1. The van der Waals surface area contributed by atoms with Crippen molar-refractivity contribution in [2.45, 2.75) is 60.0 Å².